The van der Waals surface area contributed by atoms with Crippen LogP contribution in [0.15, 0.2) is 18.2 Å². The van der Waals surface area contributed by atoms with Crippen molar-refractivity contribution < 1.29 is 9.84 Å². The molecule has 1 heterocycles. The molecule has 0 bridgehead atoms. The Bertz CT molecular complexity index is 437. The van der Waals surface area contributed by atoms with Crippen molar-refractivity contribution in [3.05, 3.63) is 18.2 Å². The Morgan fingerprint density at radius 1 is 1.05 bits per heavy atom. The number of fused-ring (bicyclic) bond motifs is 1. The molecule has 0 fully saturated rings. The normalized spacial score (nSPS) is 20.3. The summed E-state index contributed by atoms with van der Waals surface area (Å²) in [5, 5.41) is 16.8. The SMILES string of the molecule is CCCCCCCCC1Nc2ccc(OC)cc2NC1O. The van der Waals surface area contributed by atoms with E-state index in [2.05, 4.69) is 17.6 Å². The fourth-order valence-corrected chi connectivity index (χ4v) is 2.81. The third-order valence-corrected chi connectivity index (χ3v) is 4.12. The van der Waals surface area contributed by atoms with E-state index in [0.717, 1.165) is 30.0 Å². The van der Waals surface area contributed by atoms with E-state index < -0.39 is 6.23 Å². The summed E-state index contributed by atoms with van der Waals surface area (Å²) in [6.07, 6.45) is 8.11. The van der Waals surface area contributed by atoms with Gasteiger partial charge in [0.05, 0.1) is 24.5 Å². The van der Waals surface area contributed by atoms with Crippen LogP contribution in [0.4, 0.5) is 11.4 Å². The number of aliphatic hydroxyl groups is 1. The first-order valence-electron chi connectivity index (χ1n) is 8.13. The quantitative estimate of drug-likeness (QED) is 0.635. The zero-order valence-corrected chi connectivity index (χ0v) is 13.2. The monoisotopic (exact) mass is 292 g/mol. The second kappa shape index (κ2) is 8.13. The molecule has 2 rings (SSSR count). The van der Waals surface area contributed by atoms with Gasteiger partial charge in [0.2, 0.25) is 0 Å². The summed E-state index contributed by atoms with van der Waals surface area (Å²) in [5.41, 5.74) is 1.94. The lowest BCUT2D eigenvalue weighted by atomic mass is 10.0. The topological polar surface area (TPSA) is 53.5 Å². The summed E-state index contributed by atoms with van der Waals surface area (Å²) in [6.45, 7) is 2.24. The van der Waals surface area contributed by atoms with Crippen molar-refractivity contribution in [3.63, 3.8) is 0 Å². The first kappa shape index (κ1) is 16.0. The summed E-state index contributed by atoms with van der Waals surface area (Å²) >= 11 is 0. The van der Waals surface area contributed by atoms with E-state index in [9.17, 15) is 5.11 Å². The highest BCUT2D eigenvalue weighted by Crippen LogP contribution is 2.32. The van der Waals surface area contributed by atoms with Gasteiger partial charge in [0.15, 0.2) is 0 Å². The highest BCUT2D eigenvalue weighted by Gasteiger charge is 2.25. The number of unbranched alkanes of at least 4 members (excludes halogenated alkanes) is 5. The van der Waals surface area contributed by atoms with Crippen LogP contribution >= 0.6 is 0 Å². The van der Waals surface area contributed by atoms with Crippen LogP contribution in [0.3, 0.4) is 0 Å². The zero-order valence-electron chi connectivity index (χ0n) is 13.2. The first-order chi connectivity index (χ1) is 10.2. The summed E-state index contributed by atoms with van der Waals surface area (Å²) < 4.78 is 5.20. The molecule has 0 radical (unpaired) electrons. The number of hydrogen-bond acceptors (Lipinski definition) is 4. The molecule has 0 aromatic heterocycles. The lowest BCUT2D eigenvalue weighted by Crippen LogP contribution is -2.42. The average molecular weight is 292 g/mol. The summed E-state index contributed by atoms with van der Waals surface area (Å²) in [7, 11) is 1.65. The molecule has 4 heteroatoms. The van der Waals surface area contributed by atoms with E-state index in [0.29, 0.717) is 0 Å². The van der Waals surface area contributed by atoms with E-state index in [4.69, 9.17) is 4.74 Å². The van der Waals surface area contributed by atoms with Crippen molar-refractivity contribution in [2.24, 2.45) is 0 Å². The minimum Gasteiger partial charge on any atom is -0.497 e. The molecule has 0 amide bonds. The average Bonchev–Trinajstić information content (AvgIpc) is 2.50. The maximum absolute atomic E-state index is 10.2. The van der Waals surface area contributed by atoms with Crippen molar-refractivity contribution in [2.75, 3.05) is 17.7 Å². The summed E-state index contributed by atoms with van der Waals surface area (Å²) in [6, 6.07) is 5.93. The van der Waals surface area contributed by atoms with Crippen molar-refractivity contribution in [1.29, 1.82) is 0 Å². The summed E-state index contributed by atoms with van der Waals surface area (Å²) in [5.74, 6) is 0.796. The van der Waals surface area contributed by atoms with Gasteiger partial charge in [0.1, 0.15) is 12.0 Å². The van der Waals surface area contributed by atoms with Crippen LogP contribution in [0.1, 0.15) is 51.9 Å². The van der Waals surface area contributed by atoms with Crippen molar-refractivity contribution in [3.8, 4) is 5.75 Å². The molecular formula is C17H28N2O2. The highest BCUT2D eigenvalue weighted by atomic mass is 16.5. The standard InChI is InChI=1S/C17H28N2O2/c1-3-4-5-6-7-8-9-15-17(20)19-16-12-13(21-2)10-11-14(16)18-15/h10-12,15,17-20H,3-9H2,1-2H3. The van der Waals surface area contributed by atoms with Gasteiger partial charge in [-0.05, 0) is 18.6 Å². The molecule has 0 saturated carbocycles. The molecule has 3 N–H and O–H groups in total. The third-order valence-electron chi connectivity index (χ3n) is 4.12. The number of methoxy groups -OCH3 is 1. The molecule has 4 nitrogen and oxygen atoms in total. The second-order valence-corrected chi connectivity index (χ2v) is 5.81. The Morgan fingerprint density at radius 2 is 1.81 bits per heavy atom. The van der Waals surface area contributed by atoms with Gasteiger partial charge >= 0.3 is 0 Å². The zero-order chi connectivity index (χ0) is 15.1. The number of hydrogen-bond donors (Lipinski definition) is 3. The minimum atomic E-state index is -0.541. The predicted octanol–water partition coefficient (Wildman–Crippen LogP) is 3.97. The fourth-order valence-electron chi connectivity index (χ4n) is 2.81. The van der Waals surface area contributed by atoms with Crippen molar-refractivity contribution in [1.82, 2.24) is 0 Å². The lowest BCUT2D eigenvalue weighted by Gasteiger charge is -2.33. The van der Waals surface area contributed by atoms with Crippen molar-refractivity contribution in [2.45, 2.75) is 64.1 Å². The van der Waals surface area contributed by atoms with Crippen LogP contribution in [0, 0.1) is 0 Å². The molecule has 21 heavy (non-hydrogen) atoms. The Labute approximate surface area is 127 Å². The van der Waals surface area contributed by atoms with E-state index in [1.165, 1.54) is 32.1 Å². The van der Waals surface area contributed by atoms with Crippen LogP contribution in [-0.2, 0) is 0 Å². The molecule has 1 aromatic rings. The number of anilines is 2. The van der Waals surface area contributed by atoms with E-state index in [-0.39, 0.29) is 6.04 Å². The van der Waals surface area contributed by atoms with E-state index in [1.807, 2.05) is 18.2 Å². The number of ether oxygens (including phenoxy) is 1. The Balaban J connectivity index is 1.80. The van der Waals surface area contributed by atoms with Gasteiger partial charge in [-0.15, -0.1) is 0 Å². The molecule has 2 atom stereocenters. The molecule has 1 aliphatic heterocycles. The van der Waals surface area contributed by atoms with E-state index in [1.54, 1.807) is 7.11 Å². The van der Waals surface area contributed by atoms with Crippen LogP contribution in [-0.4, -0.2) is 24.5 Å². The first-order valence-corrected chi connectivity index (χ1v) is 8.13. The third kappa shape index (κ3) is 4.53. The van der Waals surface area contributed by atoms with Crippen LogP contribution < -0.4 is 15.4 Å². The molecule has 0 spiro atoms. The molecule has 0 aliphatic carbocycles. The van der Waals surface area contributed by atoms with Gasteiger partial charge in [0, 0.05) is 6.07 Å². The van der Waals surface area contributed by atoms with Gasteiger partial charge in [-0.1, -0.05) is 45.4 Å². The number of benzene rings is 1. The number of rotatable bonds is 8. The second-order valence-electron chi connectivity index (χ2n) is 5.81. The minimum absolute atomic E-state index is 0.0806. The Kier molecular flexibility index (Phi) is 6.18. The molecule has 118 valence electrons. The van der Waals surface area contributed by atoms with Gasteiger partial charge in [-0.25, -0.2) is 0 Å². The molecule has 1 aromatic carbocycles. The van der Waals surface area contributed by atoms with Gasteiger partial charge in [-0.3, -0.25) is 0 Å². The Morgan fingerprint density at radius 3 is 2.57 bits per heavy atom. The van der Waals surface area contributed by atoms with Crippen LogP contribution in [0.25, 0.3) is 0 Å². The van der Waals surface area contributed by atoms with Crippen LogP contribution in [0.5, 0.6) is 5.75 Å². The number of aliphatic hydroxyl groups excluding tert-OH is 1. The largest absolute Gasteiger partial charge is 0.497 e. The smallest absolute Gasteiger partial charge is 0.144 e. The van der Waals surface area contributed by atoms with Crippen LogP contribution in [0.2, 0.25) is 0 Å². The molecular weight excluding hydrogens is 264 g/mol. The summed E-state index contributed by atoms with van der Waals surface area (Å²) in [4.78, 5) is 0. The maximum Gasteiger partial charge on any atom is 0.144 e. The fraction of sp³-hybridized carbons (Fsp3) is 0.647. The molecule has 1 aliphatic rings. The highest BCUT2D eigenvalue weighted by molar-refractivity contribution is 5.73. The predicted molar refractivity (Wildman–Crippen MR) is 88.0 cm³/mol. The number of nitrogens with one attached hydrogen (secondary N) is 2. The van der Waals surface area contributed by atoms with Gasteiger partial charge < -0.3 is 20.5 Å². The Hall–Kier alpha value is -1.42. The van der Waals surface area contributed by atoms with Crippen molar-refractivity contribution >= 4 is 11.4 Å². The maximum atomic E-state index is 10.2. The van der Waals surface area contributed by atoms with Gasteiger partial charge in [-0.2, -0.15) is 0 Å². The lowest BCUT2D eigenvalue weighted by molar-refractivity contribution is 0.171. The molecule has 2 unspecified atom stereocenters. The van der Waals surface area contributed by atoms with Gasteiger partial charge in [0.25, 0.3) is 0 Å². The van der Waals surface area contributed by atoms with E-state index >= 15 is 0 Å². The molecule has 0 saturated heterocycles.